The summed E-state index contributed by atoms with van der Waals surface area (Å²) in [6, 6.07) is 0. The molecule has 0 heterocycles. The molecule has 0 saturated carbocycles. The first kappa shape index (κ1) is 7.69. The molecule has 0 aliphatic carbocycles. The maximum atomic E-state index is 11.2. The molecule has 1 atom stereocenters. The molecule has 1 unspecified atom stereocenters. The quantitative estimate of drug-likeness (QED) is 0.431. The van der Waals surface area contributed by atoms with Crippen LogP contribution in [-0.2, 0) is 4.74 Å². The summed E-state index contributed by atoms with van der Waals surface area (Å²) in [5.74, 6) is 0.121. The standard InChI is InChI=1S/C4H6ClFO2/c1-3(2-5)8-4(6)7/h3H,2H2,1H3. The molecule has 2 nitrogen and oxygen atoms in total. The summed E-state index contributed by atoms with van der Waals surface area (Å²) in [5.41, 5.74) is 0. The highest BCUT2D eigenvalue weighted by molar-refractivity contribution is 6.18. The highest BCUT2D eigenvalue weighted by Crippen LogP contribution is 1.94. The Morgan fingerprint density at radius 2 is 2.50 bits per heavy atom. The topological polar surface area (TPSA) is 26.3 Å². The number of rotatable bonds is 2. The monoisotopic (exact) mass is 140 g/mol. The van der Waals surface area contributed by atoms with Gasteiger partial charge in [-0.25, -0.2) is 4.79 Å². The van der Waals surface area contributed by atoms with E-state index in [0.717, 1.165) is 0 Å². The van der Waals surface area contributed by atoms with Crippen LogP contribution in [0.25, 0.3) is 0 Å². The number of ether oxygens (including phenoxy) is 1. The van der Waals surface area contributed by atoms with Crippen molar-refractivity contribution in [3.05, 3.63) is 0 Å². The van der Waals surface area contributed by atoms with E-state index < -0.39 is 12.3 Å². The maximum absolute atomic E-state index is 11.2. The van der Waals surface area contributed by atoms with Crippen molar-refractivity contribution >= 4 is 17.8 Å². The third kappa shape index (κ3) is 3.87. The Balaban J connectivity index is 3.24. The number of alkyl halides is 1. The molecule has 0 aromatic rings. The van der Waals surface area contributed by atoms with Crippen molar-refractivity contribution in [1.29, 1.82) is 0 Å². The summed E-state index contributed by atoms with van der Waals surface area (Å²) in [5, 5.41) is 0. The second-order valence-corrected chi connectivity index (χ2v) is 1.63. The van der Waals surface area contributed by atoms with Crippen molar-refractivity contribution < 1.29 is 13.9 Å². The van der Waals surface area contributed by atoms with Crippen LogP contribution in [0.5, 0.6) is 0 Å². The Morgan fingerprint density at radius 3 is 2.62 bits per heavy atom. The Morgan fingerprint density at radius 1 is 2.00 bits per heavy atom. The van der Waals surface area contributed by atoms with Crippen LogP contribution in [0.4, 0.5) is 9.18 Å². The predicted molar refractivity (Wildman–Crippen MR) is 27.8 cm³/mol. The van der Waals surface area contributed by atoms with Gasteiger partial charge in [-0.15, -0.1) is 16.0 Å². The number of halogens is 2. The minimum atomic E-state index is -1.78. The molecule has 0 aliphatic heterocycles. The number of carbonyl (C=O) groups excluding carboxylic acids is 1. The van der Waals surface area contributed by atoms with Gasteiger partial charge >= 0.3 is 6.22 Å². The van der Waals surface area contributed by atoms with Crippen LogP contribution in [0, 0.1) is 0 Å². The largest absolute Gasteiger partial charge is 0.495 e. The smallest absolute Gasteiger partial charge is 0.436 e. The highest BCUT2D eigenvalue weighted by Gasteiger charge is 2.04. The van der Waals surface area contributed by atoms with E-state index >= 15 is 0 Å². The Bertz CT molecular complexity index is 86.1. The minimum absolute atomic E-state index is 0.121. The Hall–Kier alpha value is -0.310. The zero-order valence-corrected chi connectivity index (χ0v) is 5.11. The molecular weight excluding hydrogens is 134 g/mol. The molecule has 0 aliphatic rings. The van der Waals surface area contributed by atoms with Gasteiger partial charge in [0, 0.05) is 0 Å². The molecular formula is C4H6ClFO2. The van der Waals surface area contributed by atoms with Crippen LogP contribution in [0.1, 0.15) is 6.92 Å². The van der Waals surface area contributed by atoms with Crippen molar-refractivity contribution in [1.82, 2.24) is 0 Å². The number of carbonyl (C=O) groups is 1. The van der Waals surface area contributed by atoms with E-state index in [-0.39, 0.29) is 5.88 Å². The molecule has 0 radical (unpaired) electrons. The molecule has 48 valence electrons. The summed E-state index contributed by atoms with van der Waals surface area (Å²) in [6.45, 7) is 1.50. The first-order chi connectivity index (χ1) is 3.66. The van der Waals surface area contributed by atoms with Crippen LogP contribution in [0.3, 0.4) is 0 Å². The molecule has 4 heteroatoms. The van der Waals surface area contributed by atoms with E-state index in [1.807, 2.05) is 0 Å². The Labute approximate surface area is 51.6 Å². The van der Waals surface area contributed by atoms with Gasteiger partial charge in [-0.05, 0) is 6.92 Å². The van der Waals surface area contributed by atoms with E-state index in [1.54, 1.807) is 0 Å². The van der Waals surface area contributed by atoms with Gasteiger partial charge < -0.3 is 4.74 Å². The summed E-state index contributed by atoms with van der Waals surface area (Å²) < 4.78 is 15.2. The lowest BCUT2D eigenvalue weighted by Crippen LogP contribution is -2.11. The fourth-order valence-electron chi connectivity index (χ4n) is 0.190. The van der Waals surface area contributed by atoms with Crippen LogP contribution in [-0.4, -0.2) is 18.2 Å². The fourth-order valence-corrected chi connectivity index (χ4v) is 0.253. The zero-order chi connectivity index (χ0) is 6.57. The van der Waals surface area contributed by atoms with Crippen LogP contribution in [0.2, 0.25) is 0 Å². The van der Waals surface area contributed by atoms with E-state index in [4.69, 9.17) is 11.6 Å². The SMILES string of the molecule is CC(CCl)OC(=O)F. The third-order valence-corrected chi connectivity index (χ3v) is 0.946. The molecule has 8 heavy (non-hydrogen) atoms. The van der Waals surface area contributed by atoms with Gasteiger partial charge in [0.1, 0.15) is 6.10 Å². The Kier molecular flexibility index (Phi) is 3.52. The molecule has 0 saturated heterocycles. The van der Waals surface area contributed by atoms with Crippen LogP contribution >= 0.6 is 11.6 Å². The van der Waals surface area contributed by atoms with Gasteiger partial charge in [0.2, 0.25) is 0 Å². The van der Waals surface area contributed by atoms with E-state index in [9.17, 15) is 9.18 Å². The minimum Gasteiger partial charge on any atom is -0.436 e. The molecule has 0 aromatic heterocycles. The molecule has 0 aromatic carbocycles. The second kappa shape index (κ2) is 3.66. The number of hydrogen-bond acceptors (Lipinski definition) is 2. The van der Waals surface area contributed by atoms with Gasteiger partial charge in [0.15, 0.2) is 0 Å². The predicted octanol–water partition coefficient (Wildman–Crippen LogP) is 1.72. The number of hydrogen-bond donors (Lipinski definition) is 0. The average Bonchev–Trinajstić information content (AvgIpc) is 1.65. The van der Waals surface area contributed by atoms with E-state index in [2.05, 4.69) is 4.74 Å². The van der Waals surface area contributed by atoms with Crippen molar-refractivity contribution in [2.45, 2.75) is 13.0 Å². The van der Waals surface area contributed by atoms with Gasteiger partial charge in [-0.2, -0.15) is 0 Å². The summed E-state index contributed by atoms with van der Waals surface area (Å²) in [6.07, 6.45) is -2.31. The van der Waals surface area contributed by atoms with Crippen molar-refractivity contribution in [2.24, 2.45) is 0 Å². The fraction of sp³-hybridized carbons (Fsp3) is 0.750. The van der Waals surface area contributed by atoms with Gasteiger partial charge in [-0.3, -0.25) is 0 Å². The van der Waals surface area contributed by atoms with Crippen LogP contribution in [0.15, 0.2) is 0 Å². The van der Waals surface area contributed by atoms with Gasteiger partial charge in [0.05, 0.1) is 5.88 Å². The lowest BCUT2D eigenvalue weighted by molar-refractivity contribution is 0.0933. The zero-order valence-electron chi connectivity index (χ0n) is 4.36. The normalized spacial score (nSPS) is 12.9. The third-order valence-electron chi connectivity index (χ3n) is 0.511. The van der Waals surface area contributed by atoms with Gasteiger partial charge in [0.25, 0.3) is 0 Å². The van der Waals surface area contributed by atoms with E-state index in [0.29, 0.717) is 0 Å². The van der Waals surface area contributed by atoms with E-state index in [1.165, 1.54) is 6.92 Å². The first-order valence-electron chi connectivity index (χ1n) is 2.09. The lowest BCUT2D eigenvalue weighted by Gasteiger charge is -2.02. The average molecular weight is 141 g/mol. The lowest BCUT2D eigenvalue weighted by atomic mass is 10.5. The molecule has 0 fully saturated rings. The summed E-state index contributed by atoms with van der Waals surface area (Å²) in [7, 11) is 0. The first-order valence-corrected chi connectivity index (χ1v) is 2.62. The second-order valence-electron chi connectivity index (χ2n) is 1.32. The van der Waals surface area contributed by atoms with Crippen molar-refractivity contribution in [3.8, 4) is 0 Å². The summed E-state index contributed by atoms with van der Waals surface area (Å²) >= 11 is 5.15. The van der Waals surface area contributed by atoms with Crippen molar-refractivity contribution in [2.75, 3.05) is 5.88 Å². The van der Waals surface area contributed by atoms with Gasteiger partial charge in [-0.1, -0.05) is 0 Å². The highest BCUT2D eigenvalue weighted by atomic mass is 35.5. The molecule has 0 spiro atoms. The summed E-state index contributed by atoms with van der Waals surface area (Å²) in [4.78, 5) is 9.47. The maximum Gasteiger partial charge on any atom is 0.495 e. The molecule has 0 bridgehead atoms. The van der Waals surface area contributed by atoms with Crippen LogP contribution < -0.4 is 0 Å². The molecule has 0 N–H and O–H groups in total. The molecule has 0 amide bonds. The molecule has 0 rings (SSSR count). The van der Waals surface area contributed by atoms with Crippen molar-refractivity contribution in [3.63, 3.8) is 0 Å².